The Morgan fingerprint density at radius 3 is 2.69 bits per heavy atom. The normalized spacial score (nSPS) is 9.25. The second-order valence-corrected chi connectivity index (χ2v) is 3.08. The molecule has 1 aromatic rings. The van der Waals surface area contributed by atoms with E-state index in [0.29, 0.717) is 6.54 Å². The summed E-state index contributed by atoms with van der Waals surface area (Å²) in [6, 6.07) is 7.12. The van der Waals surface area contributed by atoms with Gasteiger partial charge in [0.15, 0.2) is 0 Å². The largest absolute Gasteiger partial charge is 0.497 e. The number of benzene rings is 1. The average molecular weight is 218 g/mol. The fourth-order valence-electron chi connectivity index (χ4n) is 1.13. The molecule has 1 amide bonds. The number of methoxy groups -OCH3 is 1. The lowest BCUT2D eigenvalue weighted by atomic mass is 10.3. The second kappa shape index (κ2) is 6.49. The molecule has 1 aromatic carbocycles. The molecule has 0 aliphatic heterocycles. The van der Waals surface area contributed by atoms with Crippen LogP contribution in [0, 0.1) is 12.3 Å². The van der Waals surface area contributed by atoms with Gasteiger partial charge in [-0.05, 0) is 24.3 Å². The molecule has 0 bridgehead atoms. The Hall–Kier alpha value is -1.99. The van der Waals surface area contributed by atoms with Gasteiger partial charge in [0.05, 0.1) is 20.2 Å². The number of ether oxygens (including phenoxy) is 1. The van der Waals surface area contributed by atoms with Crippen LogP contribution in [0.5, 0.6) is 5.75 Å². The fraction of sp³-hybridized carbons (Fsp3) is 0.250. The molecule has 0 atom stereocenters. The Labute approximate surface area is 95.0 Å². The Bertz CT molecular complexity index is 379. The number of amides is 1. The Morgan fingerprint density at radius 1 is 1.44 bits per heavy atom. The van der Waals surface area contributed by atoms with E-state index >= 15 is 0 Å². The summed E-state index contributed by atoms with van der Waals surface area (Å²) in [5.74, 6) is 3.02. The van der Waals surface area contributed by atoms with Crippen molar-refractivity contribution in [1.82, 2.24) is 5.32 Å². The van der Waals surface area contributed by atoms with Crippen LogP contribution in [0.4, 0.5) is 5.69 Å². The maximum absolute atomic E-state index is 11.4. The highest BCUT2D eigenvalue weighted by Crippen LogP contribution is 2.14. The molecule has 0 heterocycles. The summed E-state index contributed by atoms with van der Waals surface area (Å²) in [6.45, 7) is 0.590. The van der Waals surface area contributed by atoms with Crippen molar-refractivity contribution >= 4 is 11.6 Å². The van der Waals surface area contributed by atoms with Crippen LogP contribution in [0.1, 0.15) is 0 Å². The Morgan fingerprint density at radius 2 is 2.12 bits per heavy atom. The molecule has 0 aromatic heterocycles. The molecule has 16 heavy (non-hydrogen) atoms. The van der Waals surface area contributed by atoms with Crippen LogP contribution in [0.15, 0.2) is 24.3 Å². The molecule has 0 spiro atoms. The van der Waals surface area contributed by atoms with Crippen molar-refractivity contribution in [2.24, 2.45) is 0 Å². The molecule has 0 saturated heterocycles. The van der Waals surface area contributed by atoms with E-state index in [0.717, 1.165) is 11.4 Å². The first-order valence-electron chi connectivity index (χ1n) is 4.84. The van der Waals surface area contributed by atoms with Gasteiger partial charge in [-0.1, -0.05) is 5.92 Å². The predicted molar refractivity (Wildman–Crippen MR) is 63.3 cm³/mol. The van der Waals surface area contributed by atoms with Crippen LogP contribution in [0.25, 0.3) is 0 Å². The predicted octanol–water partition coefficient (Wildman–Crippen LogP) is 0.856. The van der Waals surface area contributed by atoms with Gasteiger partial charge in [0.25, 0.3) is 0 Å². The summed E-state index contributed by atoms with van der Waals surface area (Å²) in [4.78, 5) is 11.4. The zero-order valence-electron chi connectivity index (χ0n) is 9.12. The summed E-state index contributed by atoms with van der Waals surface area (Å²) in [6.07, 6.45) is 5.04. The van der Waals surface area contributed by atoms with Crippen molar-refractivity contribution in [3.05, 3.63) is 24.3 Å². The van der Waals surface area contributed by atoms with Crippen molar-refractivity contribution < 1.29 is 9.53 Å². The lowest BCUT2D eigenvalue weighted by molar-refractivity contribution is -0.115. The summed E-state index contributed by atoms with van der Waals surface area (Å²) in [5, 5.41) is 5.53. The van der Waals surface area contributed by atoms with Crippen LogP contribution in [0.3, 0.4) is 0 Å². The van der Waals surface area contributed by atoms with Gasteiger partial charge in [0.2, 0.25) is 5.91 Å². The number of nitrogens with one attached hydrogen (secondary N) is 2. The number of carbonyl (C=O) groups excluding carboxylic acids is 1. The zero-order valence-corrected chi connectivity index (χ0v) is 9.12. The third-order valence-corrected chi connectivity index (χ3v) is 1.89. The Balaban J connectivity index is 2.41. The molecule has 84 valence electrons. The number of hydrogen-bond acceptors (Lipinski definition) is 3. The number of rotatable bonds is 5. The lowest BCUT2D eigenvalue weighted by Gasteiger charge is -2.06. The monoisotopic (exact) mass is 218 g/mol. The molecular formula is C12H14N2O2. The smallest absolute Gasteiger partial charge is 0.238 e. The molecule has 0 unspecified atom stereocenters. The second-order valence-electron chi connectivity index (χ2n) is 3.08. The molecule has 4 nitrogen and oxygen atoms in total. The first kappa shape index (κ1) is 12.1. The molecule has 2 N–H and O–H groups in total. The van der Waals surface area contributed by atoms with Gasteiger partial charge >= 0.3 is 0 Å². The molecule has 0 aliphatic carbocycles. The SMILES string of the molecule is C#CCNCC(=O)Nc1ccc(OC)cc1. The minimum atomic E-state index is -0.125. The number of hydrogen-bond donors (Lipinski definition) is 2. The topological polar surface area (TPSA) is 50.4 Å². The van der Waals surface area contributed by atoms with E-state index in [1.807, 2.05) is 0 Å². The molecule has 0 saturated carbocycles. The number of carbonyl (C=O) groups is 1. The van der Waals surface area contributed by atoms with E-state index in [1.165, 1.54) is 0 Å². The first-order chi connectivity index (χ1) is 7.76. The minimum absolute atomic E-state index is 0.125. The molecule has 4 heteroatoms. The van der Waals surface area contributed by atoms with Crippen LogP contribution < -0.4 is 15.4 Å². The molecule has 0 fully saturated rings. The highest BCUT2D eigenvalue weighted by molar-refractivity contribution is 5.92. The van der Waals surface area contributed by atoms with Crippen LogP contribution in [-0.2, 0) is 4.79 Å². The number of terminal acetylenes is 1. The minimum Gasteiger partial charge on any atom is -0.497 e. The maximum Gasteiger partial charge on any atom is 0.238 e. The Kier molecular flexibility index (Phi) is 4.90. The van der Waals surface area contributed by atoms with Gasteiger partial charge in [-0.2, -0.15) is 0 Å². The van der Waals surface area contributed by atoms with E-state index < -0.39 is 0 Å². The summed E-state index contributed by atoms with van der Waals surface area (Å²) in [7, 11) is 1.59. The van der Waals surface area contributed by atoms with E-state index in [1.54, 1.807) is 31.4 Å². The molecule has 0 aliphatic rings. The van der Waals surface area contributed by atoms with E-state index in [-0.39, 0.29) is 12.5 Å². The van der Waals surface area contributed by atoms with Gasteiger partial charge in [0, 0.05) is 5.69 Å². The summed E-state index contributed by atoms with van der Waals surface area (Å²) in [5.41, 5.74) is 0.730. The van der Waals surface area contributed by atoms with Gasteiger partial charge in [0.1, 0.15) is 5.75 Å². The van der Waals surface area contributed by atoms with E-state index in [4.69, 9.17) is 11.2 Å². The van der Waals surface area contributed by atoms with E-state index in [9.17, 15) is 4.79 Å². The van der Waals surface area contributed by atoms with Crippen LogP contribution >= 0.6 is 0 Å². The van der Waals surface area contributed by atoms with Gasteiger partial charge in [-0.3, -0.25) is 10.1 Å². The standard InChI is InChI=1S/C12H14N2O2/c1-3-8-13-9-12(15)14-10-4-6-11(16-2)7-5-10/h1,4-7,13H,8-9H2,2H3,(H,14,15). The quantitative estimate of drug-likeness (QED) is 0.569. The first-order valence-corrected chi connectivity index (χ1v) is 4.84. The summed E-state index contributed by atoms with van der Waals surface area (Å²) >= 11 is 0. The van der Waals surface area contributed by atoms with Crippen molar-refractivity contribution in [3.63, 3.8) is 0 Å². The average Bonchev–Trinajstić information content (AvgIpc) is 2.30. The maximum atomic E-state index is 11.4. The fourth-order valence-corrected chi connectivity index (χ4v) is 1.13. The highest BCUT2D eigenvalue weighted by Gasteiger charge is 2.00. The number of anilines is 1. The van der Waals surface area contributed by atoms with Crippen LogP contribution in [0.2, 0.25) is 0 Å². The van der Waals surface area contributed by atoms with Gasteiger partial charge in [-0.25, -0.2) is 0 Å². The zero-order chi connectivity index (χ0) is 11.8. The van der Waals surface area contributed by atoms with E-state index in [2.05, 4.69) is 16.6 Å². The highest BCUT2D eigenvalue weighted by atomic mass is 16.5. The van der Waals surface area contributed by atoms with Crippen LogP contribution in [-0.4, -0.2) is 26.1 Å². The van der Waals surface area contributed by atoms with Gasteiger partial charge < -0.3 is 10.1 Å². The lowest BCUT2D eigenvalue weighted by Crippen LogP contribution is -2.28. The van der Waals surface area contributed by atoms with Crippen molar-refractivity contribution in [1.29, 1.82) is 0 Å². The van der Waals surface area contributed by atoms with Gasteiger partial charge in [-0.15, -0.1) is 6.42 Å². The van der Waals surface area contributed by atoms with Crippen molar-refractivity contribution in [3.8, 4) is 18.1 Å². The molecule has 0 radical (unpaired) electrons. The van der Waals surface area contributed by atoms with Crippen molar-refractivity contribution in [2.75, 3.05) is 25.5 Å². The third kappa shape index (κ3) is 4.03. The van der Waals surface area contributed by atoms with Crippen molar-refractivity contribution in [2.45, 2.75) is 0 Å². The third-order valence-electron chi connectivity index (χ3n) is 1.89. The summed E-state index contributed by atoms with van der Waals surface area (Å²) < 4.78 is 5.01. The molecular weight excluding hydrogens is 204 g/mol. The molecule has 1 rings (SSSR count).